The maximum atomic E-state index is 2.47. The van der Waals surface area contributed by atoms with Crippen LogP contribution < -0.4 is 4.90 Å². The molecule has 0 amide bonds. The maximum absolute atomic E-state index is 2.47. The van der Waals surface area contributed by atoms with E-state index < -0.39 is 0 Å². The van der Waals surface area contributed by atoms with Crippen molar-refractivity contribution in [3.8, 4) is 50.2 Å². The van der Waals surface area contributed by atoms with Gasteiger partial charge in [0.15, 0.2) is 0 Å². The molecule has 12 rings (SSSR count). The summed E-state index contributed by atoms with van der Waals surface area (Å²) in [7, 11) is 0. The fourth-order valence-electron chi connectivity index (χ4n) is 9.53. The Morgan fingerprint density at radius 3 is 1.67 bits per heavy atom. The molecule has 2 nitrogen and oxygen atoms in total. The summed E-state index contributed by atoms with van der Waals surface area (Å²) in [6.45, 7) is 0. The first-order valence-electron chi connectivity index (χ1n) is 21.5. The van der Waals surface area contributed by atoms with Crippen LogP contribution in [0.25, 0.3) is 92.2 Å². The third-order valence-electron chi connectivity index (χ3n) is 12.4. The molecule has 0 aliphatic rings. The topological polar surface area (TPSA) is 8.17 Å². The molecule has 296 valence electrons. The first kappa shape index (κ1) is 36.8. The highest BCUT2D eigenvalue weighted by Crippen LogP contribution is 2.49. The van der Waals surface area contributed by atoms with Crippen LogP contribution in [0.4, 0.5) is 17.1 Å². The first-order chi connectivity index (χ1) is 31.3. The van der Waals surface area contributed by atoms with Crippen LogP contribution in [-0.2, 0) is 0 Å². The van der Waals surface area contributed by atoms with Crippen LogP contribution in [0.1, 0.15) is 0 Å². The van der Waals surface area contributed by atoms with Crippen molar-refractivity contribution in [1.82, 2.24) is 4.57 Å². The number of benzene rings is 10. The molecule has 0 N–H and O–H groups in total. The number of fused-ring (bicyclic) bond motifs is 6. The van der Waals surface area contributed by atoms with Gasteiger partial charge < -0.3 is 9.47 Å². The Bertz CT molecular complexity index is 3600. The van der Waals surface area contributed by atoms with Crippen molar-refractivity contribution in [2.24, 2.45) is 0 Å². The predicted molar refractivity (Wildman–Crippen MR) is 270 cm³/mol. The molecule has 0 saturated carbocycles. The molecule has 10 aromatic carbocycles. The molecule has 0 bridgehead atoms. The summed E-state index contributed by atoms with van der Waals surface area (Å²) in [5.41, 5.74) is 16.3. The monoisotopic (exact) mass is 820 g/mol. The zero-order valence-corrected chi connectivity index (χ0v) is 35.2. The molecular formula is C60H40N2S. The zero-order chi connectivity index (χ0) is 41.7. The highest BCUT2D eigenvalue weighted by atomic mass is 32.1. The minimum absolute atomic E-state index is 1.08. The van der Waals surface area contributed by atoms with Gasteiger partial charge >= 0.3 is 0 Å². The molecule has 0 fully saturated rings. The van der Waals surface area contributed by atoms with E-state index >= 15 is 0 Å². The predicted octanol–water partition coefficient (Wildman–Crippen LogP) is 17.3. The average molecular weight is 821 g/mol. The Labute approximate surface area is 370 Å². The van der Waals surface area contributed by atoms with Gasteiger partial charge in [-0.05, 0) is 106 Å². The van der Waals surface area contributed by atoms with Gasteiger partial charge in [-0.1, -0.05) is 176 Å². The van der Waals surface area contributed by atoms with Gasteiger partial charge in [0.25, 0.3) is 0 Å². The van der Waals surface area contributed by atoms with Crippen LogP contribution in [0.3, 0.4) is 0 Å². The van der Waals surface area contributed by atoms with Gasteiger partial charge in [0, 0.05) is 53.6 Å². The smallest absolute Gasteiger partial charge is 0.0546 e. The number of hydrogen-bond donors (Lipinski definition) is 0. The zero-order valence-electron chi connectivity index (χ0n) is 34.4. The summed E-state index contributed by atoms with van der Waals surface area (Å²) < 4.78 is 5.02. The molecule has 12 aromatic rings. The molecule has 0 saturated heterocycles. The fraction of sp³-hybridized carbons (Fsp3) is 0. The number of anilines is 3. The van der Waals surface area contributed by atoms with E-state index in [1.54, 1.807) is 0 Å². The molecule has 2 heterocycles. The lowest BCUT2D eigenvalue weighted by Crippen LogP contribution is -2.12. The molecule has 3 heteroatoms. The highest BCUT2D eigenvalue weighted by molar-refractivity contribution is 7.25. The SMILES string of the molecule is c1ccc(-c2ccccc2-c2c(-c3ccccc3)cccc2N(c2ccc(-c3ccc4c(c3)sc3ccccc34)cc2)c2ccc3c(c2)c2ccccc2n3-c2ccccc2)cc1. The summed E-state index contributed by atoms with van der Waals surface area (Å²) in [4.78, 5) is 2.47. The van der Waals surface area contributed by atoms with E-state index in [-0.39, 0.29) is 0 Å². The molecule has 0 aliphatic heterocycles. The number of rotatable bonds is 8. The second kappa shape index (κ2) is 15.5. The van der Waals surface area contributed by atoms with Crippen LogP contribution in [0, 0.1) is 0 Å². The second-order valence-corrected chi connectivity index (χ2v) is 17.1. The Balaban J connectivity index is 1.10. The number of aromatic nitrogens is 1. The van der Waals surface area contributed by atoms with Crippen molar-refractivity contribution in [3.05, 3.63) is 243 Å². The summed E-state index contributed by atoms with van der Waals surface area (Å²) in [6, 6.07) is 88.5. The molecule has 0 aliphatic carbocycles. The third kappa shape index (κ3) is 6.41. The van der Waals surface area contributed by atoms with Gasteiger partial charge in [0.1, 0.15) is 0 Å². The van der Waals surface area contributed by atoms with Gasteiger partial charge in [-0.2, -0.15) is 0 Å². The number of nitrogens with zero attached hydrogens (tertiary/aromatic N) is 2. The van der Waals surface area contributed by atoms with Crippen LogP contribution in [-0.4, -0.2) is 4.57 Å². The molecule has 0 radical (unpaired) electrons. The molecule has 0 spiro atoms. The quantitative estimate of drug-likeness (QED) is 0.148. The highest BCUT2D eigenvalue weighted by Gasteiger charge is 2.24. The summed E-state index contributed by atoms with van der Waals surface area (Å²) in [5.74, 6) is 0. The largest absolute Gasteiger partial charge is 0.310 e. The second-order valence-electron chi connectivity index (χ2n) is 16.1. The van der Waals surface area contributed by atoms with Crippen molar-refractivity contribution in [2.45, 2.75) is 0 Å². The minimum Gasteiger partial charge on any atom is -0.310 e. The normalized spacial score (nSPS) is 11.5. The first-order valence-corrected chi connectivity index (χ1v) is 22.3. The molecular weight excluding hydrogens is 781 g/mol. The Morgan fingerprint density at radius 2 is 0.889 bits per heavy atom. The van der Waals surface area contributed by atoms with Gasteiger partial charge in [-0.15, -0.1) is 11.3 Å². The lowest BCUT2D eigenvalue weighted by molar-refractivity contribution is 1.18. The lowest BCUT2D eigenvalue weighted by Gasteiger charge is -2.30. The lowest BCUT2D eigenvalue weighted by atomic mass is 9.87. The number of para-hydroxylation sites is 2. The number of hydrogen-bond acceptors (Lipinski definition) is 2. The van der Waals surface area contributed by atoms with E-state index in [1.165, 1.54) is 86.5 Å². The van der Waals surface area contributed by atoms with Gasteiger partial charge in [0.2, 0.25) is 0 Å². The Morgan fingerprint density at radius 1 is 0.317 bits per heavy atom. The van der Waals surface area contributed by atoms with Crippen molar-refractivity contribution in [3.63, 3.8) is 0 Å². The molecule has 63 heavy (non-hydrogen) atoms. The van der Waals surface area contributed by atoms with E-state index in [2.05, 4.69) is 252 Å². The average Bonchev–Trinajstić information content (AvgIpc) is 3.90. The van der Waals surface area contributed by atoms with Crippen molar-refractivity contribution in [1.29, 1.82) is 0 Å². The Kier molecular flexibility index (Phi) is 9.06. The van der Waals surface area contributed by atoms with Gasteiger partial charge in [-0.3, -0.25) is 0 Å². The summed E-state index contributed by atoms with van der Waals surface area (Å²) in [6.07, 6.45) is 0. The molecule has 0 unspecified atom stereocenters. The molecule has 0 atom stereocenters. The Hall–Kier alpha value is -7.98. The maximum Gasteiger partial charge on any atom is 0.0546 e. The van der Waals surface area contributed by atoms with Crippen molar-refractivity contribution >= 4 is 70.4 Å². The van der Waals surface area contributed by atoms with Crippen molar-refractivity contribution < 1.29 is 0 Å². The van der Waals surface area contributed by atoms with Gasteiger partial charge in [-0.25, -0.2) is 0 Å². The van der Waals surface area contributed by atoms with Crippen LogP contribution >= 0.6 is 11.3 Å². The van der Waals surface area contributed by atoms with Crippen molar-refractivity contribution in [2.75, 3.05) is 4.90 Å². The van der Waals surface area contributed by atoms with E-state index in [9.17, 15) is 0 Å². The van der Waals surface area contributed by atoms with Crippen LogP contribution in [0.2, 0.25) is 0 Å². The number of thiophene rings is 1. The summed E-state index contributed by atoms with van der Waals surface area (Å²) in [5, 5.41) is 5.06. The van der Waals surface area contributed by atoms with Crippen LogP contribution in [0.15, 0.2) is 243 Å². The van der Waals surface area contributed by atoms with E-state index in [0.717, 1.165) is 22.7 Å². The van der Waals surface area contributed by atoms with E-state index in [1.807, 2.05) is 11.3 Å². The minimum atomic E-state index is 1.08. The standard InChI is InChI=1S/C60H40N2S/c1-4-17-42(18-5-1)48-23-10-11-26-53(48)60-49(43-19-6-2-7-20-43)27-16-29-57(60)61(46-34-31-41(32-35-46)44-33-37-52-51-25-13-15-30-58(51)63-59(52)39-44)47-36-38-56-54(40-47)50-24-12-14-28-55(50)62(56)45-21-8-3-9-22-45/h1-40H. The van der Waals surface area contributed by atoms with Crippen LogP contribution in [0.5, 0.6) is 0 Å². The third-order valence-corrected chi connectivity index (χ3v) is 13.5. The van der Waals surface area contributed by atoms with E-state index in [4.69, 9.17) is 0 Å². The van der Waals surface area contributed by atoms with E-state index in [0.29, 0.717) is 0 Å². The fourth-order valence-corrected chi connectivity index (χ4v) is 10.7. The molecule has 2 aromatic heterocycles. The van der Waals surface area contributed by atoms with Gasteiger partial charge in [0.05, 0.1) is 16.7 Å². The summed E-state index contributed by atoms with van der Waals surface area (Å²) >= 11 is 1.86.